The molecule has 2 aromatic heterocycles. The number of aromatic nitrogens is 1. The van der Waals surface area contributed by atoms with Gasteiger partial charge < -0.3 is 9.67 Å². The van der Waals surface area contributed by atoms with Gasteiger partial charge >= 0.3 is 5.97 Å². The van der Waals surface area contributed by atoms with Crippen LogP contribution in [0.4, 0.5) is 5.69 Å². The molecule has 0 saturated carbocycles. The first-order valence-corrected chi connectivity index (χ1v) is 10.9. The molecule has 1 N–H and O–H groups in total. The number of hydrogen-bond acceptors (Lipinski definition) is 3. The molecule has 0 amide bonds. The van der Waals surface area contributed by atoms with Crippen LogP contribution in [-0.2, 0) is 12.8 Å². The third-order valence-electron chi connectivity index (χ3n) is 5.20. The van der Waals surface area contributed by atoms with Gasteiger partial charge in [0.1, 0.15) is 5.00 Å². The molecule has 1 aliphatic carbocycles. The Morgan fingerprint density at radius 1 is 1.25 bits per heavy atom. The molecular weight excluding hydrogens is 436 g/mol. The van der Waals surface area contributed by atoms with Gasteiger partial charge in [-0.15, -0.1) is 11.3 Å². The number of thiophene rings is 1. The zero-order valence-electron chi connectivity index (χ0n) is 15.8. The Kier molecular flexibility index (Phi) is 5.25. The van der Waals surface area contributed by atoms with E-state index in [9.17, 15) is 9.90 Å². The van der Waals surface area contributed by atoms with E-state index in [1.165, 1.54) is 4.88 Å². The molecule has 144 valence electrons. The van der Waals surface area contributed by atoms with E-state index in [1.807, 2.05) is 44.3 Å². The minimum absolute atomic E-state index is 0.483. The number of carboxylic acid groups (broad SMARTS) is 1. The lowest BCUT2D eigenvalue weighted by Crippen LogP contribution is -2.09. The summed E-state index contributed by atoms with van der Waals surface area (Å²) in [6, 6.07) is 9.91. The van der Waals surface area contributed by atoms with Crippen LogP contribution in [0.2, 0.25) is 0 Å². The van der Waals surface area contributed by atoms with E-state index in [2.05, 4.69) is 31.6 Å². The Bertz CT molecular complexity index is 1090. The highest BCUT2D eigenvalue weighted by Gasteiger charge is 2.27. The van der Waals surface area contributed by atoms with E-state index in [0.717, 1.165) is 63.4 Å². The lowest BCUT2D eigenvalue weighted by molar-refractivity contribution is 0.0696. The molecule has 3 aromatic rings. The molecular formula is C22H21BrN2O2S. The largest absolute Gasteiger partial charge is 0.478 e. The molecule has 28 heavy (non-hydrogen) atoms. The average Bonchev–Trinajstić information content (AvgIpc) is 3.16. The number of fused-ring (bicyclic) bond motifs is 1. The number of aryl methyl sites for hydroxylation is 2. The standard InChI is InChI=1S/C22H21BrN2O2S/c1-13-10-15(12-24-17-7-5-6-16(23)11-17)14(2)25(13)21-20(22(26)27)18-8-3-4-9-19(18)28-21/h5-7,10-12H,3-4,8-9H2,1-2H3,(H,26,27). The van der Waals surface area contributed by atoms with Gasteiger partial charge in [-0.25, -0.2) is 4.79 Å². The van der Waals surface area contributed by atoms with Crippen LogP contribution < -0.4 is 0 Å². The Balaban J connectivity index is 1.78. The number of hydrogen-bond donors (Lipinski definition) is 1. The zero-order chi connectivity index (χ0) is 19.8. The maximum Gasteiger partial charge on any atom is 0.339 e. The predicted molar refractivity (Wildman–Crippen MR) is 118 cm³/mol. The smallest absolute Gasteiger partial charge is 0.339 e. The van der Waals surface area contributed by atoms with Crippen molar-refractivity contribution in [2.24, 2.45) is 4.99 Å². The van der Waals surface area contributed by atoms with Gasteiger partial charge in [0.25, 0.3) is 0 Å². The van der Waals surface area contributed by atoms with Crippen LogP contribution in [0.25, 0.3) is 5.00 Å². The molecule has 0 spiro atoms. The lowest BCUT2D eigenvalue weighted by Gasteiger charge is -2.11. The van der Waals surface area contributed by atoms with E-state index in [4.69, 9.17) is 0 Å². The number of benzene rings is 1. The van der Waals surface area contributed by atoms with Crippen molar-refractivity contribution in [3.63, 3.8) is 0 Å². The number of rotatable bonds is 4. The second-order valence-electron chi connectivity index (χ2n) is 7.10. The van der Waals surface area contributed by atoms with Crippen LogP contribution in [-0.4, -0.2) is 21.9 Å². The summed E-state index contributed by atoms with van der Waals surface area (Å²) in [5.41, 5.74) is 5.43. The van der Waals surface area contributed by atoms with Gasteiger partial charge in [-0.3, -0.25) is 4.99 Å². The van der Waals surface area contributed by atoms with Crippen molar-refractivity contribution in [1.29, 1.82) is 0 Å². The van der Waals surface area contributed by atoms with E-state index >= 15 is 0 Å². The summed E-state index contributed by atoms with van der Waals surface area (Å²) < 4.78 is 3.07. The van der Waals surface area contributed by atoms with E-state index in [-0.39, 0.29) is 0 Å². The first kappa shape index (κ1) is 19.2. The fraction of sp³-hybridized carbons (Fsp3) is 0.273. The average molecular weight is 457 g/mol. The number of halogens is 1. The highest BCUT2D eigenvalue weighted by molar-refractivity contribution is 9.10. The summed E-state index contributed by atoms with van der Waals surface area (Å²) in [4.78, 5) is 17.9. The monoisotopic (exact) mass is 456 g/mol. The van der Waals surface area contributed by atoms with Crippen molar-refractivity contribution in [3.8, 4) is 5.00 Å². The summed E-state index contributed by atoms with van der Waals surface area (Å²) >= 11 is 5.10. The van der Waals surface area contributed by atoms with Gasteiger partial charge in [0.05, 0.1) is 11.3 Å². The number of carboxylic acids is 1. The second-order valence-corrected chi connectivity index (χ2v) is 9.10. The zero-order valence-corrected chi connectivity index (χ0v) is 18.2. The van der Waals surface area contributed by atoms with Crippen molar-refractivity contribution in [1.82, 2.24) is 4.57 Å². The molecule has 4 nitrogen and oxygen atoms in total. The SMILES string of the molecule is Cc1cc(C=Nc2cccc(Br)c2)c(C)n1-c1sc2c(c1C(=O)O)CCCC2. The fourth-order valence-corrected chi connectivity index (χ4v) is 5.74. The summed E-state index contributed by atoms with van der Waals surface area (Å²) in [7, 11) is 0. The van der Waals surface area contributed by atoms with Crippen molar-refractivity contribution in [3.05, 3.63) is 67.8 Å². The Morgan fingerprint density at radius 3 is 2.79 bits per heavy atom. The van der Waals surface area contributed by atoms with Crippen LogP contribution in [0.1, 0.15) is 50.6 Å². The van der Waals surface area contributed by atoms with E-state index in [1.54, 1.807) is 11.3 Å². The molecule has 0 fully saturated rings. The Hall–Kier alpha value is -2.18. The van der Waals surface area contributed by atoms with E-state index in [0.29, 0.717) is 5.56 Å². The molecule has 0 radical (unpaired) electrons. The van der Waals surface area contributed by atoms with E-state index < -0.39 is 5.97 Å². The Morgan fingerprint density at radius 2 is 2.04 bits per heavy atom. The lowest BCUT2D eigenvalue weighted by atomic mass is 9.95. The topological polar surface area (TPSA) is 54.6 Å². The summed E-state index contributed by atoms with van der Waals surface area (Å²) in [5.74, 6) is -0.828. The quantitative estimate of drug-likeness (QED) is 0.471. The maximum atomic E-state index is 12.1. The minimum atomic E-state index is -0.828. The van der Waals surface area contributed by atoms with Crippen LogP contribution in [0.15, 0.2) is 39.8 Å². The third-order valence-corrected chi connectivity index (χ3v) is 6.97. The molecule has 0 atom stereocenters. The fourth-order valence-electron chi connectivity index (χ4n) is 3.86. The highest BCUT2D eigenvalue weighted by atomic mass is 79.9. The van der Waals surface area contributed by atoms with Gasteiger partial charge in [-0.1, -0.05) is 22.0 Å². The third kappa shape index (κ3) is 3.47. The van der Waals surface area contributed by atoms with Gasteiger partial charge in [-0.2, -0.15) is 0 Å². The molecule has 2 heterocycles. The van der Waals surface area contributed by atoms with Crippen molar-refractivity contribution < 1.29 is 9.90 Å². The number of carbonyl (C=O) groups is 1. The molecule has 0 unspecified atom stereocenters. The predicted octanol–water partition coefficient (Wildman–Crippen LogP) is 6.25. The van der Waals surface area contributed by atoms with Crippen LogP contribution in [0, 0.1) is 13.8 Å². The van der Waals surface area contributed by atoms with Gasteiger partial charge in [0.15, 0.2) is 0 Å². The van der Waals surface area contributed by atoms with Crippen LogP contribution >= 0.6 is 27.3 Å². The first-order valence-electron chi connectivity index (χ1n) is 9.32. The van der Waals surface area contributed by atoms with Gasteiger partial charge in [0, 0.05) is 32.5 Å². The molecule has 1 aromatic carbocycles. The number of nitrogens with zero attached hydrogens (tertiary/aromatic N) is 2. The van der Waals surface area contributed by atoms with Crippen molar-refractivity contribution in [2.45, 2.75) is 39.5 Å². The van der Waals surface area contributed by atoms with Gasteiger partial charge in [0.2, 0.25) is 0 Å². The second kappa shape index (κ2) is 7.68. The maximum absolute atomic E-state index is 12.1. The number of aliphatic imine (C=N–C) groups is 1. The van der Waals surface area contributed by atoms with Crippen LogP contribution in [0.5, 0.6) is 0 Å². The molecule has 1 aliphatic rings. The van der Waals surface area contributed by atoms with Crippen LogP contribution in [0.3, 0.4) is 0 Å². The summed E-state index contributed by atoms with van der Waals surface area (Å²) in [6.45, 7) is 4.05. The van der Waals surface area contributed by atoms with Crippen molar-refractivity contribution in [2.75, 3.05) is 0 Å². The molecule has 0 bridgehead atoms. The van der Waals surface area contributed by atoms with Crippen molar-refractivity contribution >= 4 is 45.1 Å². The first-order chi connectivity index (χ1) is 13.5. The molecule has 0 saturated heterocycles. The van der Waals surface area contributed by atoms with Gasteiger partial charge in [-0.05, 0) is 69.4 Å². The number of aromatic carboxylic acids is 1. The Labute approximate surface area is 176 Å². The molecule has 6 heteroatoms. The normalized spacial score (nSPS) is 13.8. The summed E-state index contributed by atoms with van der Waals surface area (Å²) in [6.07, 6.45) is 5.91. The molecule has 0 aliphatic heterocycles. The highest BCUT2D eigenvalue weighted by Crippen LogP contribution is 2.38. The minimum Gasteiger partial charge on any atom is -0.478 e. The molecule has 4 rings (SSSR count). The summed E-state index contributed by atoms with van der Waals surface area (Å²) in [5, 5.41) is 10.7.